The molecular weight excluding hydrogens is 492 g/mol. The van der Waals surface area contributed by atoms with Crippen LogP contribution in [0.15, 0.2) is 81.5 Å². The van der Waals surface area contributed by atoms with Gasteiger partial charge in [-0.15, -0.1) is 0 Å². The number of anilines is 1. The molecule has 3 aromatic rings. The maximum Gasteiger partial charge on any atom is 0.251 e. The fourth-order valence-electron chi connectivity index (χ4n) is 5.01. The maximum absolute atomic E-state index is 12.9. The lowest BCUT2D eigenvalue weighted by Crippen LogP contribution is -2.47. The molecule has 1 saturated heterocycles. The highest BCUT2D eigenvalue weighted by Gasteiger charge is 2.19. The van der Waals surface area contributed by atoms with E-state index in [9.17, 15) is 4.79 Å². The predicted octanol–water partition coefficient (Wildman–Crippen LogP) is 6.02. The Kier molecular flexibility index (Phi) is 8.66. The smallest absolute Gasteiger partial charge is 0.251 e. The Morgan fingerprint density at radius 2 is 1.79 bits per heavy atom. The van der Waals surface area contributed by atoms with Crippen molar-refractivity contribution in [2.75, 3.05) is 51.3 Å². The molecule has 1 fully saturated rings. The highest BCUT2D eigenvalue weighted by molar-refractivity contribution is 7.99. The van der Waals surface area contributed by atoms with Crippen LogP contribution in [-0.4, -0.2) is 62.9 Å². The van der Waals surface area contributed by atoms with E-state index in [4.69, 9.17) is 9.73 Å². The molecule has 6 nitrogen and oxygen atoms in total. The molecule has 2 aliphatic heterocycles. The first-order chi connectivity index (χ1) is 18.6. The summed E-state index contributed by atoms with van der Waals surface area (Å²) in [6.07, 6.45) is 2.88. The molecule has 1 amide bonds. The van der Waals surface area contributed by atoms with Crippen LogP contribution in [0, 0.1) is 0 Å². The number of nitrogens with one attached hydrogen (secondary N) is 1. The van der Waals surface area contributed by atoms with Crippen LogP contribution in [0.25, 0.3) is 0 Å². The van der Waals surface area contributed by atoms with Crippen LogP contribution in [0.4, 0.5) is 11.4 Å². The van der Waals surface area contributed by atoms with E-state index in [0.29, 0.717) is 12.1 Å². The van der Waals surface area contributed by atoms with E-state index in [1.807, 2.05) is 30.3 Å². The van der Waals surface area contributed by atoms with E-state index in [1.54, 1.807) is 18.9 Å². The molecule has 0 aromatic heterocycles. The molecule has 0 unspecified atom stereocenters. The molecule has 0 spiro atoms. The van der Waals surface area contributed by atoms with E-state index in [0.717, 1.165) is 74.0 Å². The molecule has 3 aromatic carbocycles. The number of hydrogen-bond acceptors (Lipinski definition) is 6. The van der Waals surface area contributed by atoms with E-state index in [-0.39, 0.29) is 5.91 Å². The zero-order valence-corrected chi connectivity index (χ0v) is 23.1. The van der Waals surface area contributed by atoms with Gasteiger partial charge in [0.2, 0.25) is 0 Å². The van der Waals surface area contributed by atoms with Crippen molar-refractivity contribution in [2.24, 2.45) is 4.99 Å². The van der Waals surface area contributed by atoms with E-state index in [2.05, 4.69) is 58.4 Å². The third-order valence-electron chi connectivity index (χ3n) is 7.13. The lowest BCUT2D eigenvalue weighted by molar-refractivity contribution is 0.0951. The van der Waals surface area contributed by atoms with Crippen molar-refractivity contribution in [1.29, 1.82) is 0 Å². The zero-order chi connectivity index (χ0) is 26.3. The lowest BCUT2D eigenvalue weighted by Gasteiger charge is -2.36. The Morgan fingerprint density at radius 1 is 1.00 bits per heavy atom. The van der Waals surface area contributed by atoms with Crippen LogP contribution >= 0.6 is 11.8 Å². The van der Waals surface area contributed by atoms with Crippen LogP contribution in [0.5, 0.6) is 5.75 Å². The molecule has 0 aliphatic carbocycles. The topological polar surface area (TPSA) is 57.2 Å². The number of carbonyl (C=O) groups is 1. The highest BCUT2D eigenvalue weighted by Crippen LogP contribution is 2.41. The average molecular weight is 529 g/mol. The summed E-state index contributed by atoms with van der Waals surface area (Å²) >= 11 is 1.73. The van der Waals surface area contributed by atoms with Crippen LogP contribution in [0.3, 0.4) is 0 Å². The van der Waals surface area contributed by atoms with Gasteiger partial charge in [0.1, 0.15) is 5.75 Å². The minimum absolute atomic E-state index is 0.0314. The van der Waals surface area contributed by atoms with Gasteiger partial charge in [0.15, 0.2) is 0 Å². The molecule has 0 saturated carbocycles. The Hall–Kier alpha value is -3.29. The van der Waals surface area contributed by atoms with E-state index in [1.165, 1.54) is 16.1 Å². The number of aliphatic imine (C=N–C) groups is 1. The van der Waals surface area contributed by atoms with Crippen LogP contribution in [-0.2, 0) is 0 Å². The first kappa shape index (κ1) is 26.3. The van der Waals surface area contributed by atoms with Crippen molar-refractivity contribution >= 4 is 34.8 Å². The quantitative estimate of drug-likeness (QED) is 0.344. The van der Waals surface area contributed by atoms with Crippen LogP contribution in [0.2, 0.25) is 0 Å². The van der Waals surface area contributed by atoms with Crippen LogP contribution < -0.4 is 15.0 Å². The molecule has 1 N–H and O–H groups in total. The number of hydrogen-bond donors (Lipinski definition) is 1. The molecule has 2 aliphatic rings. The fraction of sp³-hybridized carbons (Fsp3) is 0.355. The summed E-state index contributed by atoms with van der Waals surface area (Å²) in [5, 5.41) is 3.12. The largest absolute Gasteiger partial charge is 0.497 e. The fourth-order valence-corrected chi connectivity index (χ4v) is 6.03. The molecule has 5 rings (SSSR count). The highest BCUT2D eigenvalue weighted by atomic mass is 32.2. The van der Waals surface area contributed by atoms with Gasteiger partial charge < -0.3 is 15.0 Å². The second-order valence-electron chi connectivity index (χ2n) is 9.73. The molecule has 0 radical (unpaired) electrons. The summed E-state index contributed by atoms with van der Waals surface area (Å²) < 4.78 is 5.27. The summed E-state index contributed by atoms with van der Waals surface area (Å²) in [7, 11) is 1.69. The maximum atomic E-state index is 12.9. The van der Waals surface area contributed by atoms with Crippen molar-refractivity contribution < 1.29 is 9.53 Å². The second kappa shape index (κ2) is 12.5. The molecule has 2 heterocycles. The van der Waals surface area contributed by atoms with Crippen molar-refractivity contribution in [3.05, 3.63) is 77.9 Å². The Balaban J connectivity index is 1.11. The minimum Gasteiger partial charge on any atom is -0.497 e. The lowest BCUT2D eigenvalue weighted by atomic mass is 10.1. The van der Waals surface area contributed by atoms with Gasteiger partial charge in [0, 0.05) is 65.0 Å². The number of amides is 1. The van der Waals surface area contributed by atoms with Crippen molar-refractivity contribution in [2.45, 2.75) is 36.0 Å². The van der Waals surface area contributed by atoms with Gasteiger partial charge in [-0.3, -0.25) is 14.7 Å². The monoisotopic (exact) mass is 528 g/mol. The van der Waals surface area contributed by atoms with Crippen LogP contribution in [0.1, 0.15) is 42.1 Å². The van der Waals surface area contributed by atoms with Crippen molar-refractivity contribution in [1.82, 2.24) is 10.2 Å². The Bertz CT molecular complexity index is 1280. The second-order valence-corrected chi connectivity index (χ2v) is 10.8. The molecule has 198 valence electrons. The van der Waals surface area contributed by atoms with Gasteiger partial charge in [0.05, 0.1) is 12.8 Å². The number of rotatable bonds is 9. The predicted molar refractivity (Wildman–Crippen MR) is 157 cm³/mol. The van der Waals surface area contributed by atoms with Gasteiger partial charge in [-0.1, -0.05) is 43.3 Å². The summed E-state index contributed by atoms with van der Waals surface area (Å²) in [5.41, 5.74) is 5.09. The first-order valence-electron chi connectivity index (χ1n) is 13.5. The number of benzene rings is 3. The molecule has 7 heteroatoms. The molecule has 0 bridgehead atoms. The third-order valence-corrected chi connectivity index (χ3v) is 8.27. The molecule has 38 heavy (non-hydrogen) atoms. The van der Waals surface area contributed by atoms with Crippen molar-refractivity contribution in [3.8, 4) is 5.75 Å². The van der Waals surface area contributed by atoms with Crippen molar-refractivity contribution in [3.63, 3.8) is 0 Å². The average Bonchev–Trinajstić information content (AvgIpc) is 3.12. The summed E-state index contributed by atoms with van der Waals surface area (Å²) in [5.74, 6) is 0.856. The standard InChI is InChI=1S/C31H36N4O2S/c1-3-7-27-26-8-4-5-9-29(26)38-30-15-10-23(22-28(30)33-27)31(36)32-16-6-17-34-18-20-35(21-19-34)24-11-13-25(37-2)14-12-24/h4-5,8-15,22H,3,6-7,16-21H2,1-2H3,(H,32,36). The Labute approximate surface area is 230 Å². The van der Waals surface area contributed by atoms with Gasteiger partial charge in [-0.2, -0.15) is 0 Å². The number of fused-ring (bicyclic) bond motifs is 2. The number of piperazine rings is 1. The third kappa shape index (κ3) is 6.22. The van der Waals surface area contributed by atoms with Gasteiger partial charge >= 0.3 is 0 Å². The summed E-state index contributed by atoms with van der Waals surface area (Å²) in [6.45, 7) is 7.91. The SMILES string of the molecule is CCCC1=Nc2cc(C(=O)NCCCN3CCN(c4ccc(OC)cc4)CC3)ccc2Sc2ccccc21. The summed E-state index contributed by atoms with van der Waals surface area (Å²) in [4.78, 5) is 25.2. The van der Waals surface area contributed by atoms with Gasteiger partial charge in [-0.25, -0.2) is 0 Å². The Morgan fingerprint density at radius 3 is 2.55 bits per heavy atom. The van der Waals surface area contributed by atoms with Gasteiger partial charge in [-0.05, 0) is 67.9 Å². The first-order valence-corrected chi connectivity index (χ1v) is 14.3. The minimum atomic E-state index is -0.0314. The normalized spacial score (nSPS) is 15.2. The molecular formula is C31H36N4O2S. The van der Waals surface area contributed by atoms with Gasteiger partial charge in [0.25, 0.3) is 5.91 Å². The number of carbonyl (C=O) groups excluding carboxylic acids is 1. The van der Waals surface area contributed by atoms with E-state index < -0.39 is 0 Å². The summed E-state index contributed by atoms with van der Waals surface area (Å²) in [6, 6.07) is 22.6. The van der Waals surface area contributed by atoms with E-state index >= 15 is 0 Å². The molecule has 0 atom stereocenters. The zero-order valence-electron chi connectivity index (χ0n) is 22.3. The number of ether oxygens (including phenoxy) is 1. The number of methoxy groups -OCH3 is 1. The number of nitrogens with zero attached hydrogens (tertiary/aromatic N) is 3.